The summed E-state index contributed by atoms with van der Waals surface area (Å²) in [6.45, 7) is 1.84. The van der Waals surface area contributed by atoms with Gasteiger partial charge in [0.2, 0.25) is 0 Å². The molecular weight excluding hydrogens is 517 g/mol. The van der Waals surface area contributed by atoms with Crippen LogP contribution in [-0.2, 0) is 6.42 Å². The molecule has 7 nitrogen and oxygen atoms in total. The SMILES string of the molecule is CN=C(NCCCCN1C(=O)c2ccccc2C1=O)NCCc1ccc(Cl)nc1.I. The van der Waals surface area contributed by atoms with Crippen molar-refractivity contribution in [3.05, 3.63) is 64.4 Å². The Balaban J connectivity index is 0.00000320. The molecule has 3 rings (SSSR count). The predicted molar refractivity (Wildman–Crippen MR) is 129 cm³/mol. The fraction of sp³-hybridized carbons (Fsp3) is 0.333. The van der Waals surface area contributed by atoms with Crippen LogP contribution in [0.5, 0.6) is 0 Å². The zero-order valence-electron chi connectivity index (χ0n) is 16.7. The molecule has 30 heavy (non-hydrogen) atoms. The number of carbonyl (C=O) groups excluding carboxylic acids is 2. The molecule has 1 aliphatic heterocycles. The number of aliphatic imine (C=N–C) groups is 1. The zero-order valence-corrected chi connectivity index (χ0v) is 19.8. The molecule has 1 aromatic carbocycles. The van der Waals surface area contributed by atoms with Gasteiger partial charge in [0, 0.05) is 32.9 Å². The number of nitrogens with one attached hydrogen (secondary N) is 2. The second kappa shape index (κ2) is 11.8. The molecular formula is C21H25ClIN5O2. The standard InChI is InChI=1S/C21H24ClN5O2.HI/c1-23-21(25-12-10-15-8-9-18(22)26-14-15)24-11-4-5-13-27-19(28)16-6-2-3-7-17(16)20(27)29;/h2-3,6-9,14H,4-5,10-13H2,1H3,(H2,23,24,25);1H. The van der Waals surface area contributed by atoms with Gasteiger partial charge in [-0.25, -0.2) is 4.98 Å². The van der Waals surface area contributed by atoms with Crippen molar-refractivity contribution < 1.29 is 9.59 Å². The lowest BCUT2D eigenvalue weighted by Gasteiger charge is -2.15. The number of benzene rings is 1. The average Bonchev–Trinajstić information content (AvgIpc) is 2.98. The van der Waals surface area contributed by atoms with E-state index < -0.39 is 0 Å². The van der Waals surface area contributed by atoms with Gasteiger partial charge in [-0.3, -0.25) is 19.5 Å². The molecule has 160 valence electrons. The first-order valence-corrected chi connectivity index (χ1v) is 9.98. The van der Waals surface area contributed by atoms with Gasteiger partial charge in [0.15, 0.2) is 5.96 Å². The molecule has 0 unspecified atom stereocenters. The molecule has 1 aromatic heterocycles. The molecule has 0 radical (unpaired) electrons. The van der Waals surface area contributed by atoms with Crippen LogP contribution in [0.25, 0.3) is 0 Å². The summed E-state index contributed by atoms with van der Waals surface area (Å²) < 4.78 is 0. The van der Waals surface area contributed by atoms with E-state index in [9.17, 15) is 9.59 Å². The third-order valence-electron chi connectivity index (χ3n) is 4.70. The predicted octanol–water partition coefficient (Wildman–Crippen LogP) is 3.14. The van der Waals surface area contributed by atoms with E-state index in [1.54, 1.807) is 43.6 Å². The Bertz CT molecular complexity index is 870. The van der Waals surface area contributed by atoms with Crippen LogP contribution in [0.3, 0.4) is 0 Å². The Hall–Kier alpha value is -2.20. The summed E-state index contributed by atoms with van der Waals surface area (Å²) in [5.41, 5.74) is 2.09. The lowest BCUT2D eigenvalue weighted by molar-refractivity contribution is 0.0652. The van der Waals surface area contributed by atoms with Gasteiger partial charge < -0.3 is 10.6 Å². The molecule has 2 aromatic rings. The van der Waals surface area contributed by atoms with E-state index in [-0.39, 0.29) is 35.8 Å². The van der Waals surface area contributed by atoms with Gasteiger partial charge >= 0.3 is 0 Å². The Labute approximate surface area is 198 Å². The van der Waals surface area contributed by atoms with Crippen molar-refractivity contribution in [2.24, 2.45) is 4.99 Å². The maximum absolute atomic E-state index is 12.3. The molecule has 0 saturated carbocycles. The first-order chi connectivity index (χ1) is 14.1. The van der Waals surface area contributed by atoms with E-state index >= 15 is 0 Å². The van der Waals surface area contributed by atoms with Crippen molar-refractivity contribution in [1.82, 2.24) is 20.5 Å². The van der Waals surface area contributed by atoms with Crippen molar-refractivity contribution in [3.8, 4) is 0 Å². The first-order valence-electron chi connectivity index (χ1n) is 9.60. The number of amides is 2. The molecule has 0 fully saturated rings. The summed E-state index contributed by atoms with van der Waals surface area (Å²) in [6, 6.07) is 10.7. The molecule has 2 heterocycles. The highest BCUT2D eigenvalue weighted by molar-refractivity contribution is 14.0. The monoisotopic (exact) mass is 541 g/mol. The number of aromatic nitrogens is 1. The fourth-order valence-electron chi connectivity index (χ4n) is 3.14. The molecule has 0 saturated heterocycles. The zero-order chi connectivity index (χ0) is 20.6. The van der Waals surface area contributed by atoms with Crippen LogP contribution < -0.4 is 10.6 Å². The number of carbonyl (C=O) groups is 2. The van der Waals surface area contributed by atoms with Crippen LogP contribution in [0.2, 0.25) is 5.15 Å². The summed E-state index contributed by atoms with van der Waals surface area (Å²) in [5.74, 6) is 0.313. The number of unbranched alkanes of at least 4 members (excludes halogenated alkanes) is 1. The Morgan fingerprint density at radius 2 is 1.70 bits per heavy atom. The largest absolute Gasteiger partial charge is 0.356 e. The van der Waals surface area contributed by atoms with Crippen LogP contribution in [0.1, 0.15) is 39.1 Å². The summed E-state index contributed by atoms with van der Waals surface area (Å²) in [4.78, 5) is 34.2. The quantitative estimate of drug-likeness (QED) is 0.134. The van der Waals surface area contributed by atoms with E-state index in [1.165, 1.54) is 4.90 Å². The second-order valence-electron chi connectivity index (χ2n) is 6.68. The second-order valence-corrected chi connectivity index (χ2v) is 7.07. The Morgan fingerprint density at radius 1 is 1.03 bits per heavy atom. The Morgan fingerprint density at radius 3 is 2.30 bits per heavy atom. The van der Waals surface area contributed by atoms with Gasteiger partial charge in [-0.1, -0.05) is 29.8 Å². The molecule has 2 N–H and O–H groups in total. The summed E-state index contributed by atoms with van der Waals surface area (Å²) in [7, 11) is 1.72. The van der Waals surface area contributed by atoms with E-state index in [4.69, 9.17) is 11.6 Å². The lowest BCUT2D eigenvalue weighted by atomic mass is 10.1. The van der Waals surface area contributed by atoms with Crippen LogP contribution in [0, 0.1) is 0 Å². The first kappa shape index (κ1) is 24.1. The molecule has 0 spiro atoms. The van der Waals surface area contributed by atoms with Crippen LogP contribution >= 0.6 is 35.6 Å². The number of hydrogen-bond acceptors (Lipinski definition) is 4. The topological polar surface area (TPSA) is 86.7 Å². The van der Waals surface area contributed by atoms with Gasteiger partial charge in [-0.05, 0) is 43.0 Å². The van der Waals surface area contributed by atoms with Crippen LogP contribution in [-0.4, -0.2) is 54.3 Å². The van der Waals surface area contributed by atoms with E-state index in [2.05, 4.69) is 20.6 Å². The summed E-state index contributed by atoms with van der Waals surface area (Å²) >= 11 is 5.79. The van der Waals surface area contributed by atoms with Crippen molar-refractivity contribution >= 4 is 53.4 Å². The van der Waals surface area contributed by atoms with Gasteiger partial charge in [0.1, 0.15) is 5.15 Å². The third-order valence-corrected chi connectivity index (χ3v) is 4.92. The summed E-state index contributed by atoms with van der Waals surface area (Å²) in [6.07, 6.45) is 4.12. The van der Waals surface area contributed by atoms with Crippen molar-refractivity contribution in [2.75, 3.05) is 26.7 Å². The molecule has 0 atom stereocenters. The summed E-state index contributed by atoms with van der Waals surface area (Å²) in [5, 5.41) is 6.98. The number of nitrogens with zero attached hydrogens (tertiary/aromatic N) is 3. The maximum atomic E-state index is 12.3. The minimum atomic E-state index is -0.201. The van der Waals surface area contributed by atoms with E-state index in [1.807, 2.05) is 6.07 Å². The average molecular weight is 542 g/mol. The molecule has 1 aliphatic rings. The van der Waals surface area contributed by atoms with Crippen molar-refractivity contribution in [3.63, 3.8) is 0 Å². The van der Waals surface area contributed by atoms with Crippen molar-refractivity contribution in [2.45, 2.75) is 19.3 Å². The number of hydrogen-bond donors (Lipinski definition) is 2. The highest BCUT2D eigenvalue weighted by atomic mass is 127. The normalized spacial score (nSPS) is 13.1. The number of halogens is 2. The van der Waals surface area contributed by atoms with Crippen molar-refractivity contribution in [1.29, 1.82) is 0 Å². The highest BCUT2D eigenvalue weighted by Gasteiger charge is 2.34. The smallest absolute Gasteiger partial charge is 0.261 e. The number of pyridine rings is 1. The van der Waals surface area contributed by atoms with Crippen LogP contribution in [0.4, 0.5) is 0 Å². The van der Waals surface area contributed by atoms with E-state index in [0.717, 1.165) is 31.4 Å². The molecule has 2 amide bonds. The van der Waals surface area contributed by atoms with Gasteiger partial charge in [-0.2, -0.15) is 0 Å². The van der Waals surface area contributed by atoms with Crippen LogP contribution in [0.15, 0.2) is 47.6 Å². The highest BCUT2D eigenvalue weighted by Crippen LogP contribution is 2.22. The molecule has 0 bridgehead atoms. The maximum Gasteiger partial charge on any atom is 0.261 e. The number of imide groups is 1. The van der Waals surface area contributed by atoms with Gasteiger partial charge in [-0.15, -0.1) is 24.0 Å². The molecule has 9 heteroatoms. The number of guanidine groups is 1. The van der Waals surface area contributed by atoms with Gasteiger partial charge in [0.25, 0.3) is 11.8 Å². The Kier molecular flexibility index (Phi) is 9.51. The lowest BCUT2D eigenvalue weighted by Crippen LogP contribution is -2.39. The minimum Gasteiger partial charge on any atom is -0.356 e. The van der Waals surface area contributed by atoms with Gasteiger partial charge in [0.05, 0.1) is 11.1 Å². The number of fused-ring (bicyclic) bond motifs is 1. The number of rotatable bonds is 8. The fourth-order valence-corrected chi connectivity index (χ4v) is 3.26. The minimum absolute atomic E-state index is 0. The molecule has 0 aliphatic carbocycles. The van der Waals surface area contributed by atoms with E-state index in [0.29, 0.717) is 35.3 Å². The third kappa shape index (κ3) is 6.15.